The lowest BCUT2D eigenvalue weighted by atomic mass is 9.95. The number of likely N-dealkylation sites (tertiary alicyclic amines) is 1. The van der Waals surface area contributed by atoms with E-state index in [-0.39, 0.29) is 35.3 Å². The normalized spacial score (nSPS) is 15.4. The molecule has 1 N–H and O–H groups in total. The zero-order valence-electron chi connectivity index (χ0n) is 14.9. The van der Waals surface area contributed by atoms with Crippen LogP contribution in [0, 0.1) is 11.7 Å². The highest BCUT2D eigenvalue weighted by Crippen LogP contribution is 2.21. The third kappa shape index (κ3) is 5.33. The van der Waals surface area contributed by atoms with Crippen LogP contribution in [-0.2, 0) is 9.59 Å². The van der Waals surface area contributed by atoms with Gasteiger partial charge in [-0.05, 0) is 44.9 Å². The van der Waals surface area contributed by atoms with Crippen molar-refractivity contribution in [2.24, 2.45) is 5.92 Å². The largest absolute Gasteiger partial charge is 0.376 e. The predicted molar refractivity (Wildman–Crippen MR) is 97.1 cm³/mol. The van der Waals surface area contributed by atoms with E-state index in [1.807, 2.05) is 20.9 Å². The van der Waals surface area contributed by atoms with Crippen LogP contribution in [0.4, 0.5) is 10.1 Å². The molecule has 0 aromatic heterocycles. The molecule has 138 valence electrons. The average molecular weight is 370 g/mol. The Morgan fingerprint density at radius 1 is 1.32 bits per heavy atom. The monoisotopic (exact) mass is 369 g/mol. The standard InChI is InChI=1S/C18H25ClFN3O2/c1-12(2)22(3)18(25)13-4-6-23(7-5-13)17(24)11-21-16-9-14(19)8-15(20)10-16/h8-10,12-13,21H,4-7,11H2,1-3H3. The number of hydrogen-bond acceptors (Lipinski definition) is 3. The Morgan fingerprint density at radius 2 is 1.96 bits per heavy atom. The first-order chi connectivity index (χ1) is 11.8. The van der Waals surface area contributed by atoms with Crippen LogP contribution in [0.2, 0.25) is 5.02 Å². The fourth-order valence-electron chi connectivity index (χ4n) is 2.86. The molecule has 0 aliphatic carbocycles. The number of rotatable bonds is 5. The summed E-state index contributed by atoms with van der Waals surface area (Å²) in [6.45, 7) is 5.17. The molecule has 2 amide bonds. The lowest BCUT2D eigenvalue weighted by Gasteiger charge is -2.34. The van der Waals surface area contributed by atoms with Gasteiger partial charge in [-0.3, -0.25) is 9.59 Å². The first-order valence-electron chi connectivity index (χ1n) is 8.52. The Hall–Kier alpha value is -1.82. The Labute approximate surface area is 153 Å². The van der Waals surface area contributed by atoms with Gasteiger partial charge in [-0.15, -0.1) is 0 Å². The maximum atomic E-state index is 13.3. The number of carbonyl (C=O) groups is 2. The van der Waals surface area contributed by atoms with E-state index >= 15 is 0 Å². The minimum Gasteiger partial charge on any atom is -0.376 e. The van der Waals surface area contributed by atoms with Crippen molar-refractivity contribution in [1.29, 1.82) is 0 Å². The number of piperidine rings is 1. The average Bonchev–Trinajstić information content (AvgIpc) is 2.57. The van der Waals surface area contributed by atoms with Gasteiger partial charge in [0.15, 0.2) is 0 Å². The second kappa shape index (κ2) is 8.52. The third-order valence-electron chi connectivity index (χ3n) is 4.63. The first-order valence-corrected chi connectivity index (χ1v) is 8.90. The zero-order valence-corrected chi connectivity index (χ0v) is 15.6. The molecule has 25 heavy (non-hydrogen) atoms. The fourth-order valence-corrected chi connectivity index (χ4v) is 3.09. The Balaban J connectivity index is 1.82. The lowest BCUT2D eigenvalue weighted by molar-refractivity contribution is -0.140. The molecular formula is C18H25ClFN3O2. The highest BCUT2D eigenvalue weighted by Gasteiger charge is 2.29. The molecule has 0 unspecified atom stereocenters. The maximum Gasteiger partial charge on any atom is 0.241 e. The molecule has 1 fully saturated rings. The van der Waals surface area contributed by atoms with Gasteiger partial charge in [0.2, 0.25) is 11.8 Å². The number of benzene rings is 1. The molecule has 1 aromatic carbocycles. The van der Waals surface area contributed by atoms with Gasteiger partial charge >= 0.3 is 0 Å². The van der Waals surface area contributed by atoms with E-state index < -0.39 is 5.82 Å². The SMILES string of the molecule is CC(C)N(C)C(=O)C1CCN(C(=O)CNc2cc(F)cc(Cl)c2)CC1. The molecule has 0 radical (unpaired) electrons. The molecule has 1 heterocycles. The van der Waals surface area contributed by atoms with Crippen molar-refractivity contribution in [2.75, 3.05) is 32.0 Å². The van der Waals surface area contributed by atoms with Crippen molar-refractivity contribution in [3.05, 3.63) is 29.0 Å². The Morgan fingerprint density at radius 3 is 2.52 bits per heavy atom. The molecule has 1 aliphatic heterocycles. The topological polar surface area (TPSA) is 52.7 Å². The smallest absolute Gasteiger partial charge is 0.241 e. The Kier molecular flexibility index (Phi) is 6.64. The molecule has 7 heteroatoms. The first kappa shape index (κ1) is 19.5. The molecule has 0 bridgehead atoms. The van der Waals surface area contributed by atoms with E-state index in [2.05, 4.69) is 5.32 Å². The molecule has 5 nitrogen and oxygen atoms in total. The van der Waals surface area contributed by atoms with Crippen LogP contribution >= 0.6 is 11.6 Å². The van der Waals surface area contributed by atoms with Gasteiger partial charge in [-0.2, -0.15) is 0 Å². The molecule has 0 spiro atoms. The van der Waals surface area contributed by atoms with Crippen LogP contribution in [0.1, 0.15) is 26.7 Å². The minimum absolute atomic E-state index is 0.0218. The van der Waals surface area contributed by atoms with Gasteiger partial charge in [-0.25, -0.2) is 4.39 Å². The van der Waals surface area contributed by atoms with Crippen LogP contribution < -0.4 is 5.32 Å². The van der Waals surface area contributed by atoms with Gasteiger partial charge in [0.25, 0.3) is 0 Å². The summed E-state index contributed by atoms with van der Waals surface area (Å²) < 4.78 is 13.3. The predicted octanol–water partition coefficient (Wildman–Crippen LogP) is 3.00. The van der Waals surface area contributed by atoms with Crippen molar-refractivity contribution >= 4 is 29.1 Å². The van der Waals surface area contributed by atoms with E-state index in [4.69, 9.17) is 11.6 Å². The van der Waals surface area contributed by atoms with Crippen LogP contribution in [0.25, 0.3) is 0 Å². The number of nitrogens with one attached hydrogen (secondary N) is 1. The van der Waals surface area contributed by atoms with Crippen molar-refractivity contribution < 1.29 is 14.0 Å². The molecule has 0 saturated carbocycles. The van der Waals surface area contributed by atoms with Crippen LogP contribution in [-0.4, -0.2) is 54.3 Å². The molecule has 0 atom stereocenters. The lowest BCUT2D eigenvalue weighted by Crippen LogP contribution is -2.46. The second-order valence-electron chi connectivity index (χ2n) is 6.71. The summed E-state index contributed by atoms with van der Waals surface area (Å²) in [7, 11) is 1.82. The van der Waals surface area contributed by atoms with E-state index in [9.17, 15) is 14.0 Å². The minimum atomic E-state index is -0.448. The van der Waals surface area contributed by atoms with Crippen LogP contribution in [0.3, 0.4) is 0 Å². The number of amides is 2. The van der Waals surface area contributed by atoms with Gasteiger partial charge in [0.1, 0.15) is 5.82 Å². The number of nitrogens with zero attached hydrogens (tertiary/aromatic N) is 2. The van der Waals surface area contributed by atoms with E-state index in [1.54, 1.807) is 15.9 Å². The van der Waals surface area contributed by atoms with Crippen molar-refractivity contribution in [2.45, 2.75) is 32.7 Å². The van der Waals surface area contributed by atoms with Gasteiger partial charge < -0.3 is 15.1 Å². The van der Waals surface area contributed by atoms with Gasteiger partial charge in [0.05, 0.1) is 6.54 Å². The van der Waals surface area contributed by atoms with E-state index in [0.29, 0.717) is 31.6 Å². The summed E-state index contributed by atoms with van der Waals surface area (Å²) in [6, 6.07) is 4.26. The number of anilines is 1. The maximum absolute atomic E-state index is 13.3. The second-order valence-corrected chi connectivity index (χ2v) is 7.15. The molecule has 2 rings (SSSR count). The molecule has 1 aromatic rings. The molecular weight excluding hydrogens is 345 g/mol. The van der Waals surface area contributed by atoms with E-state index in [0.717, 1.165) is 0 Å². The number of hydrogen-bond donors (Lipinski definition) is 1. The summed E-state index contributed by atoms with van der Waals surface area (Å²) in [5, 5.41) is 3.18. The van der Waals surface area contributed by atoms with Crippen molar-refractivity contribution in [3.63, 3.8) is 0 Å². The highest BCUT2D eigenvalue weighted by atomic mass is 35.5. The summed E-state index contributed by atoms with van der Waals surface area (Å²) in [4.78, 5) is 28.2. The van der Waals surface area contributed by atoms with Crippen molar-refractivity contribution in [3.8, 4) is 0 Å². The summed E-state index contributed by atoms with van der Waals surface area (Å²) in [5.74, 6) is -0.388. The Bertz CT molecular complexity index is 610. The third-order valence-corrected chi connectivity index (χ3v) is 4.84. The molecule has 1 saturated heterocycles. The van der Waals surface area contributed by atoms with Gasteiger partial charge in [-0.1, -0.05) is 11.6 Å². The van der Waals surface area contributed by atoms with Crippen LogP contribution in [0.15, 0.2) is 18.2 Å². The van der Waals surface area contributed by atoms with Crippen LogP contribution in [0.5, 0.6) is 0 Å². The van der Waals surface area contributed by atoms with Gasteiger partial charge in [0, 0.05) is 42.8 Å². The zero-order chi connectivity index (χ0) is 18.6. The quantitative estimate of drug-likeness (QED) is 0.868. The number of halogens is 2. The highest BCUT2D eigenvalue weighted by molar-refractivity contribution is 6.30. The summed E-state index contributed by atoms with van der Waals surface area (Å²) in [5.41, 5.74) is 0.474. The summed E-state index contributed by atoms with van der Waals surface area (Å²) in [6.07, 6.45) is 1.35. The fraction of sp³-hybridized carbons (Fsp3) is 0.556. The summed E-state index contributed by atoms with van der Waals surface area (Å²) >= 11 is 5.80. The van der Waals surface area contributed by atoms with Crippen molar-refractivity contribution in [1.82, 2.24) is 9.80 Å². The van der Waals surface area contributed by atoms with E-state index in [1.165, 1.54) is 12.1 Å². The number of carbonyl (C=O) groups excluding carboxylic acids is 2. The molecule has 1 aliphatic rings.